The first-order valence-electron chi connectivity index (χ1n) is 5.90. The van der Waals surface area contributed by atoms with Gasteiger partial charge in [0.25, 0.3) is 5.69 Å². The van der Waals surface area contributed by atoms with Crippen LogP contribution in [0.1, 0.15) is 15.9 Å². The van der Waals surface area contributed by atoms with Crippen molar-refractivity contribution in [3.05, 3.63) is 68.4 Å². The highest BCUT2D eigenvalue weighted by atomic mass is 79.9. The van der Waals surface area contributed by atoms with Crippen molar-refractivity contribution in [1.82, 2.24) is 0 Å². The maximum absolute atomic E-state index is 12.2. The minimum Gasteiger partial charge on any atom is -0.412 e. The van der Waals surface area contributed by atoms with E-state index in [1.54, 1.807) is 36.0 Å². The van der Waals surface area contributed by atoms with Gasteiger partial charge in [-0.2, -0.15) is 4.57 Å². The zero-order valence-corrected chi connectivity index (χ0v) is 15.0. The van der Waals surface area contributed by atoms with Crippen LogP contribution in [0.4, 0.5) is 5.69 Å². The standard InChI is InChI=1S/C14H12BrN2O3.BrH.H2O/c1-10-4-5-11(7-13(10)17(19)20)14(18)9-16-6-2-3-12(15)8-16;;/h2-8H,9H2,1H3;1H;1H2/q+1;;. The molecule has 0 fully saturated rings. The number of rotatable bonds is 4. The second kappa shape index (κ2) is 8.72. The zero-order valence-electron chi connectivity index (χ0n) is 11.7. The SMILES string of the molecule is Br.Cc1ccc(C(=O)C[n+]2cccc(Br)c2)cc1[N+](=O)[O-].O. The van der Waals surface area contributed by atoms with E-state index in [2.05, 4.69) is 15.9 Å². The number of hydrogen-bond acceptors (Lipinski definition) is 3. The molecule has 6 nitrogen and oxygen atoms in total. The Hall–Kier alpha value is -1.64. The Morgan fingerprint density at radius 1 is 1.36 bits per heavy atom. The number of nitro groups is 1. The second-order valence-electron chi connectivity index (χ2n) is 4.38. The number of carbonyl (C=O) groups excluding carboxylic acids is 1. The van der Waals surface area contributed by atoms with Gasteiger partial charge in [-0.05, 0) is 28.9 Å². The Labute approximate surface area is 146 Å². The number of benzene rings is 1. The number of aromatic nitrogens is 1. The topological polar surface area (TPSA) is 95.6 Å². The molecule has 2 N–H and O–H groups in total. The number of carbonyl (C=O) groups is 1. The Balaban J connectivity index is 0.00000220. The van der Waals surface area contributed by atoms with Crippen molar-refractivity contribution in [2.45, 2.75) is 13.5 Å². The molecule has 2 aromatic rings. The summed E-state index contributed by atoms with van der Waals surface area (Å²) < 4.78 is 2.58. The summed E-state index contributed by atoms with van der Waals surface area (Å²) >= 11 is 3.33. The predicted molar refractivity (Wildman–Crippen MR) is 90.4 cm³/mol. The molecule has 0 radical (unpaired) electrons. The second-order valence-corrected chi connectivity index (χ2v) is 5.29. The first-order valence-corrected chi connectivity index (χ1v) is 6.69. The summed E-state index contributed by atoms with van der Waals surface area (Å²) in [7, 11) is 0. The smallest absolute Gasteiger partial charge is 0.273 e. The summed E-state index contributed by atoms with van der Waals surface area (Å²) in [6.07, 6.45) is 3.55. The van der Waals surface area contributed by atoms with Crippen molar-refractivity contribution in [3.63, 3.8) is 0 Å². The summed E-state index contributed by atoms with van der Waals surface area (Å²) in [4.78, 5) is 22.6. The molecule has 8 heteroatoms. The molecule has 0 aliphatic carbocycles. The van der Waals surface area contributed by atoms with Crippen LogP contribution < -0.4 is 4.57 Å². The van der Waals surface area contributed by atoms with Crippen LogP contribution in [0.15, 0.2) is 47.2 Å². The van der Waals surface area contributed by atoms with E-state index in [-0.39, 0.29) is 40.5 Å². The molecule has 0 atom stereocenters. The van der Waals surface area contributed by atoms with Crippen LogP contribution in [0.2, 0.25) is 0 Å². The van der Waals surface area contributed by atoms with Crippen molar-refractivity contribution < 1.29 is 19.8 Å². The number of hydrogen-bond donors (Lipinski definition) is 0. The average Bonchev–Trinajstić information content (AvgIpc) is 2.38. The van der Waals surface area contributed by atoms with Gasteiger partial charge in [0, 0.05) is 23.3 Å². The number of aryl methyl sites for hydroxylation is 1. The molecule has 0 bridgehead atoms. The van der Waals surface area contributed by atoms with E-state index in [0.29, 0.717) is 11.1 Å². The van der Waals surface area contributed by atoms with Gasteiger partial charge in [-0.15, -0.1) is 17.0 Å². The normalized spacial score (nSPS) is 9.36. The number of ketones is 1. The van der Waals surface area contributed by atoms with Crippen LogP contribution in [-0.4, -0.2) is 16.2 Å². The molecule has 0 aliphatic rings. The Morgan fingerprint density at radius 2 is 2.05 bits per heavy atom. The van der Waals surface area contributed by atoms with Crippen molar-refractivity contribution in [1.29, 1.82) is 0 Å². The monoisotopic (exact) mass is 433 g/mol. The van der Waals surface area contributed by atoms with E-state index in [1.165, 1.54) is 6.07 Å². The lowest BCUT2D eigenvalue weighted by Crippen LogP contribution is -2.37. The fraction of sp³-hybridized carbons (Fsp3) is 0.143. The molecular weight excluding hydrogens is 420 g/mol. The van der Waals surface area contributed by atoms with E-state index in [0.717, 1.165) is 4.47 Å². The van der Waals surface area contributed by atoms with Crippen LogP contribution in [0.25, 0.3) is 0 Å². The van der Waals surface area contributed by atoms with Crippen molar-refractivity contribution >= 4 is 44.4 Å². The number of pyridine rings is 1. The van der Waals surface area contributed by atoms with E-state index in [9.17, 15) is 14.9 Å². The maximum Gasteiger partial charge on any atom is 0.273 e. The van der Waals surface area contributed by atoms with Gasteiger partial charge in [-0.3, -0.25) is 14.9 Å². The predicted octanol–water partition coefficient (Wildman–Crippen LogP) is 2.59. The Kier molecular flexibility index (Phi) is 8.07. The lowest BCUT2D eigenvalue weighted by Gasteiger charge is -2.01. The van der Waals surface area contributed by atoms with Gasteiger partial charge in [-0.1, -0.05) is 12.1 Å². The molecule has 118 valence electrons. The molecule has 0 spiro atoms. The van der Waals surface area contributed by atoms with E-state index in [1.807, 2.05) is 12.1 Å². The zero-order chi connectivity index (χ0) is 14.7. The fourth-order valence-corrected chi connectivity index (χ4v) is 2.24. The minimum atomic E-state index is -0.474. The van der Waals surface area contributed by atoms with E-state index in [4.69, 9.17) is 0 Å². The Morgan fingerprint density at radius 3 is 2.64 bits per heavy atom. The summed E-state index contributed by atoms with van der Waals surface area (Å²) in [5.74, 6) is -0.170. The molecule has 0 amide bonds. The highest BCUT2D eigenvalue weighted by molar-refractivity contribution is 9.10. The van der Waals surface area contributed by atoms with Crippen molar-refractivity contribution in [2.75, 3.05) is 0 Å². The summed E-state index contributed by atoms with van der Waals surface area (Å²) in [5.41, 5.74) is 0.853. The highest BCUT2D eigenvalue weighted by Crippen LogP contribution is 2.19. The number of nitrogens with zero attached hydrogens (tertiary/aromatic N) is 2. The largest absolute Gasteiger partial charge is 0.412 e. The van der Waals surface area contributed by atoms with Gasteiger partial charge in [0.2, 0.25) is 12.3 Å². The van der Waals surface area contributed by atoms with Crippen molar-refractivity contribution in [2.24, 2.45) is 0 Å². The van der Waals surface area contributed by atoms with Gasteiger partial charge in [0.1, 0.15) is 0 Å². The molecule has 1 heterocycles. The number of halogens is 2. The summed E-state index contributed by atoms with van der Waals surface area (Å²) in [6.45, 7) is 1.79. The summed E-state index contributed by atoms with van der Waals surface area (Å²) in [5, 5.41) is 10.9. The van der Waals surface area contributed by atoms with Crippen LogP contribution in [0.5, 0.6) is 0 Å². The quantitative estimate of drug-likeness (QED) is 0.320. The molecule has 0 aliphatic heterocycles. The maximum atomic E-state index is 12.2. The third kappa shape index (κ3) is 4.97. The average molecular weight is 435 g/mol. The molecule has 0 saturated heterocycles. The fourth-order valence-electron chi connectivity index (χ4n) is 1.82. The first-order chi connectivity index (χ1) is 9.47. The van der Waals surface area contributed by atoms with Crippen LogP contribution in [0, 0.1) is 17.0 Å². The van der Waals surface area contributed by atoms with Gasteiger partial charge >= 0.3 is 0 Å². The van der Waals surface area contributed by atoms with Crippen LogP contribution >= 0.6 is 32.9 Å². The lowest BCUT2D eigenvalue weighted by molar-refractivity contribution is -0.683. The summed E-state index contributed by atoms with van der Waals surface area (Å²) in [6, 6.07) is 8.21. The molecule has 1 aromatic carbocycles. The highest BCUT2D eigenvalue weighted by Gasteiger charge is 2.17. The van der Waals surface area contributed by atoms with Gasteiger partial charge in [0.05, 0.1) is 9.40 Å². The van der Waals surface area contributed by atoms with Gasteiger partial charge < -0.3 is 5.48 Å². The Bertz CT molecular complexity index is 692. The molecule has 1 aromatic heterocycles. The molecule has 22 heavy (non-hydrogen) atoms. The van der Waals surface area contributed by atoms with E-state index >= 15 is 0 Å². The van der Waals surface area contributed by atoms with Crippen LogP contribution in [-0.2, 0) is 6.54 Å². The van der Waals surface area contributed by atoms with Crippen LogP contribution in [0.3, 0.4) is 0 Å². The third-order valence-electron chi connectivity index (χ3n) is 2.88. The lowest BCUT2D eigenvalue weighted by atomic mass is 10.1. The number of Topliss-reactive ketones (excluding diaryl/α,β-unsaturated/α-hetero) is 1. The molecular formula is C14H15Br2N2O4+. The van der Waals surface area contributed by atoms with Crippen molar-refractivity contribution in [3.8, 4) is 0 Å². The minimum absolute atomic E-state index is 0. The number of nitro benzene ring substituents is 1. The first kappa shape index (κ1) is 20.4. The third-order valence-corrected chi connectivity index (χ3v) is 3.35. The molecule has 2 rings (SSSR count). The van der Waals surface area contributed by atoms with Gasteiger partial charge in [0.15, 0.2) is 12.4 Å². The molecule has 0 unspecified atom stereocenters. The van der Waals surface area contributed by atoms with E-state index < -0.39 is 4.92 Å². The van der Waals surface area contributed by atoms with Gasteiger partial charge in [-0.25, -0.2) is 0 Å². The molecule has 0 saturated carbocycles.